The number of rotatable bonds is 5. The minimum Gasteiger partial charge on any atom is -0.464 e. The maximum absolute atomic E-state index is 12.5. The van der Waals surface area contributed by atoms with Crippen molar-refractivity contribution >= 4 is 27.8 Å². The summed E-state index contributed by atoms with van der Waals surface area (Å²) in [4.78, 5) is 27.4. The average molecular weight is 382 g/mol. The minimum absolute atomic E-state index is 0.0331. The summed E-state index contributed by atoms with van der Waals surface area (Å²) in [5, 5.41) is 4.83. The van der Waals surface area contributed by atoms with E-state index in [9.17, 15) is 9.59 Å². The lowest BCUT2D eigenvalue weighted by atomic mass is 10.0. The van der Waals surface area contributed by atoms with Crippen LogP contribution in [0.3, 0.4) is 0 Å². The molecule has 0 saturated carbocycles. The van der Waals surface area contributed by atoms with Gasteiger partial charge in [0.25, 0.3) is 0 Å². The molecule has 1 aromatic carbocycles. The fourth-order valence-electron chi connectivity index (χ4n) is 4.24. The molecule has 1 aliphatic heterocycles. The van der Waals surface area contributed by atoms with Gasteiger partial charge in [0.05, 0.1) is 18.2 Å². The van der Waals surface area contributed by atoms with Crippen LogP contribution in [-0.2, 0) is 11.2 Å². The quantitative estimate of drug-likeness (QED) is 0.685. The van der Waals surface area contributed by atoms with Crippen LogP contribution in [0.5, 0.6) is 0 Å². The van der Waals surface area contributed by atoms with E-state index in [1.807, 2.05) is 19.9 Å². The van der Waals surface area contributed by atoms with Gasteiger partial charge in [-0.25, -0.2) is 4.79 Å². The van der Waals surface area contributed by atoms with Crippen molar-refractivity contribution < 1.29 is 13.6 Å². The molecular formula is C22H26N2O4. The van der Waals surface area contributed by atoms with Crippen LogP contribution in [0, 0.1) is 13.8 Å². The van der Waals surface area contributed by atoms with Crippen molar-refractivity contribution in [2.45, 2.75) is 46.1 Å². The molecule has 3 aromatic rings. The van der Waals surface area contributed by atoms with E-state index in [0.717, 1.165) is 41.4 Å². The van der Waals surface area contributed by atoms with Crippen LogP contribution in [0.2, 0.25) is 0 Å². The highest BCUT2D eigenvalue weighted by Crippen LogP contribution is 2.28. The van der Waals surface area contributed by atoms with Gasteiger partial charge in [-0.05, 0) is 57.0 Å². The first-order valence-electron chi connectivity index (χ1n) is 9.92. The molecule has 3 heterocycles. The van der Waals surface area contributed by atoms with Crippen molar-refractivity contribution in [2.24, 2.45) is 0 Å². The molecule has 1 amide bonds. The Morgan fingerprint density at radius 1 is 1.25 bits per heavy atom. The number of likely N-dealkylation sites (tertiary alicyclic amines) is 1. The zero-order chi connectivity index (χ0) is 19.8. The highest BCUT2D eigenvalue weighted by atomic mass is 16.4. The maximum Gasteiger partial charge on any atom is 0.340 e. The number of hydrogen-bond acceptors (Lipinski definition) is 5. The number of aryl methyl sites for hydroxylation is 2. The van der Waals surface area contributed by atoms with Crippen LogP contribution in [0.25, 0.3) is 21.9 Å². The highest BCUT2D eigenvalue weighted by molar-refractivity contribution is 5.96. The van der Waals surface area contributed by atoms with Crippen molar-refractivity contribution in [1.29, 1.82) is 0 Å². The Balaban J connectivity index is 1.57. The van der Waals surface area contributed by atoms with Gasteiger partial charge in [0, 0.05) is 29.4 Å². The SMILES string of the molecule is CCN1CCC[C@H]1CNC(=O)Cc1c(C)c2cc3c(C)coc3cc2oc1=O. The second-order valence-corrected chi connectivity index (χ2v) is 7.66. The van der Waals surface area contributed by atoms with E-state index >= 15 is 0 Å². The Kier molecular flexibility index (Phi) is 4.98. The number of carbonyl (C=O) groups is 1. The summed E-state index contributed by atoms with van der Waals surface area (Å²) in [6.07, 6.45) is 3.99. The van der Waals surface area contributed by atoms with E-state index < -0.39 is 5.63 Å². The second kappa shape index (κ2) is 7.43. The first-order chi connectivity index (χ1) is 13.5. The predicted octanol–water partition coefficient (Wildman–Crippen LogP) is 3.30. The molecule has 6 nitrogen and oxygen atoms in total. The lowest BCUT2D eigenvalue weighted by molar-refractivity contribution is -0.120. The van der Waals surface area contributed by atoms with Gasteiger partial charge < -0.3 is 14.2 Å². The van der Waals surface area contributed by atoms with Gasteiger partial charge in [-0.3, -0.25) is 9.69 Å². The molecule has 0 unspecified atom stereocenters. The van der Waals surface area contributed by atoms with Gasteiger partial charge in [0.2, 0.25) is 5.91 Å². The summed E-state index contributed by atoms with van der Waals surface area (Å²) >= 11 is 0. The first kappa shape index (κ1) is 18.7. The van der Waals surface area contributed by atoms with Crippen molar-refractivity contribution in [3.8, 4) is 0 Å². The smallest absolute Gasteiger partial charge is 0.340 e. The molecule has 0 bridgehead atoms. The van der Waals surface area contributed by atoms with Gasteiger partial charge >= 0.3 is 5.63 Å². The molecule has 1 fully saturated rings. The average Bonchev–Trinajstić information content (AvgIpc) is 3.28. The van der Waals surface area contributed by atoms with E-state index in [4.69, 9.17) is 8.83 Å². The van der Waals surface area contributed by atoms with E-state index in [2.05, 4.69) is 17.1 Å². The lowest BCUT2D eigenvalue weighted by Gasteiger charge is -2.22. The van der Waals surface area contributed by atoms with Gasteiger partial charge in [-0.2, -0.15) is 0 Å². The Labute approximate surface area is 163 Å². The van der Waals surface area contributed by atoms with Crippen LogP contribution in [0.15, 0.2) is 32.0 Å². The van der Waals surface area contributed by atoms with Gasteiger partial charge in [0.1, 0.15) is 11.2 Å². The normalized spacial score (nSPS) is 17.6. The van der Waals surface area contributed by atoms with Crippen LogP contribution >= 0.6 is 0 Å². The molecule has 0 aliphatic carbocycles. The summed E-state index contributed by atoms with van der Waals surface area (Å²) in [6, 6.07) is 4.11. The van der Waals surface area contributed by atoms with Gasteiger partial charge in [-0.1, -0.05) is 6.92 Å². The summed E-state index contributed by atoms with van der Waals surface area (Å²) in [5.74, 6) is -0.140. The Bertz CT molecular complexity index is 1100. The largest absolute Gasteiger partial charge is 0.464 e. The number of nitrogens with zero attached hydrogens (tertiary/aromatic N) is 1. The number of benzene rings is 1. The number of hydrogen-bond donors (Lipinski definition) is 1. The van der Waals surface area contributed by atoms with Crippen LogP contribution < -0.4 is 10.9 Å². The summed E-state index contributed by atoms with van der Waals surface area (Å²) in [5.41, 5.74) is 2.95. The fraction of sp³-hybridized carbons (Fsp3) is 0.455. The molecule has 4 rings (SSSR count). The standard InChI is InChI=1S/C22H26N2O4/c1-4-24-7-5-6-15(24)11-23-21(25)9-18-14(3)17-8-16-13(2)12-27-19(16)10-20(17)28-22(18)26/h8,10,12,15H,4-7,9,11H2,1-3H3,(H,23,25)/t15-/m0/s1. The number of fused-ring (bicyclic) bond motifs is 2. The fourth-order valence-corrected chi connectivity index (χ4v) is 4.24. The van der Waals surface area contributed by atoms with Crippen molar-refractivity contribution in [2.75, 3.05) is 19.6 Å². The van der Waals surface area contributed by atoms with Gasteiger partial charge in [-0.15, -0.1) is 0 Å². The molecule has 0 radical (unpaired) electrons. The number of nitrogens with one attached hydrogen (secondary N) is 1. The molecule has 1 saturated heterocycles. The zero-order valence-corrected chi connectivity index (χ0v) is 16.6. The van der Waals surface area contributed by atoms with E-state index in [0.29, 0.717) is 29.3 Å². The molecule has 28 heavy (non-hydrogen) atoms. The molecule has 2 aromatic heterocycles. The summed E-state index contributed by atoms with van der Waals surface area (Å²) in [6.45, 7) is 8.70. The van der Waals surface area contributed by atoms with Crippen LogP contribution in [-0.4, -0.2) is 36.5 Å². The molecule has 1 N–H and O–H groups in total. The Morgan fingerprint density at radius 3 is 2.86 bits per heavy atom. The maximum atomic E-state index is 12.5. The zero-order valence-electron chi connectivity index (χ0n) is 16.6. The molecular weight excluding hydrogens is 356 g/mol. The third-order valence-corrected chi connectivity index (χ3v) is 5.95. The third kappa shape index (κ3) is 3.33. The molecule has 1 aliphatic rings. The van der Waals surface area contributed by atoms with Crippen molar-refractivity contribution in [3.63, 3.8) is 0 Å². The third-order valence-electron chi connectivity index (χ3n) is 5.95. The number of likely N-dealkylation sites (N-methyl/N-ethyl adjacent to an activating group) is 1. The van der Waals surface area contributed by atoms with Crippen molar-refractivity contribution in [3.05, 3.63) is 45.5 Å². The van der Waals surface area contributed by atoms with E-state index in [-0.39, 0.29) is 12.3 Å². The van der Waals surface area contributed by atoms with Crippen LogP contribution in [0.4, 0.5) is 0 Å². The summed E-state index contributed by atoms with van der Waals surface area (Å²) < 4.78 is 11.0. The summed E-state index contributed by atoms with van der Waals surface area (Å²) in [7, 11) is 0. The van der Waals surface area contributed by atoms with Gasteiger partial charge in [0.15, 0.2) is 0 Å². The molecule has 1 atom stereocenters. The predicted molar refractivity (Wildman–Crippen MR) is 109 cm³/mol. The monoisotopic (exact) mass is 382 g/mol. The highest BCUT2D eigenvalue weighted by Gasteiger charge is 2.23. The Morgan fingerprint density at radius 2 is 2.07 bits per heavy atom. The lowest BCUT2D eigenvalue weighted by Crippen LogP contribution is -2.40. The first-order valence-corrected chi connectivity index (χ1v) is 9.92. The number of amides is 1. The van der Waals surface area contributed by atoms with Crippen LogP contribution in [0.1, 0.15) is 36.5 Å². The van der Waals surface area contributed by atoms with Crippen molar-refractivity contribution in [1.82, 2.24) is 10.2 Å². The van der Waals surface area contributed by atoms with E-state index in [1.165, 1.54) is 6.42 Å². The number of carbonyl (C=O) groups excluding carboxylic acids is 1. The second-order valence-electron chi connectivity index (χ2n) is 7.66. The molecule has 0 spiro atoms. The topological polar surface area (TPSA) is 75.7 Å². The number of furan rings is 1. The molecule has 148 valence electrons. The molecule has 6 heteroatoms. The van der Waals surface area contributed by atoms with E-state index in [1.54, 1.807) is 12.3 Å². The minimum atomic E-state index is -0.459. The Hall–Kier alpha value is -2.60.